The van der Waals surface area contributed by atoms with Crippen LogP contribution in [0.3, 0.4) is 0 Å². The molecule has 0 aliphatic carbocycles. The number of thiazole rings is 1. The molecule has 0 saturated heterocycles. The molecular formula is C6H5N2O3S-. The number of nitrogens with zero attached hydrogens (tertiary/aromatic N) is 2. The number of aryl methyl sites for hydroxylation is 1. The SMILES string of the molecule is Cc1csc(/C(=N/[O-])C(=O)O)n1. The highest BCUT2D eigenvalue weighted by molar-refractivity contribution is 7.12. The molecule has 0 radical (unpaired) electrons. The minimum absolute atomic E-state index is 0.148. The van der Waals surface area contributed by atoms with E-state index >= 15 is 0 Å². The average molecular weight is 185 g/mol. The molecule has 0 aromatic carbocycles. The number of rotatable bonds is 2. The van der Waals surface area contributed by atoms with Crippen molar-refractivity contribution >= 4 is 23.0 Å². The van der Waals surface area contributed by atoms with Crippen LogP contribution >= 0.6 is 11.3 Å². The number of carbonyl (C=O) groups is 1. The summed E-state index contributed by atoms with van der Waals surface area (Å²) in [6, 6.07) is 0. The van der Waals surface area contributed by atoms with E-state index in [1.807, 2.05) is 0 Å². The van der Waals surface area contributed by atoms with Gasteiger partial charge in [0.2, 0.25) is 0 Å². The minimum Gasteiger partial charge on any atom is -0.791 e. The van der Waals surface area contributed by atoms with Gasteiger partial charge in [0.05, 0.1) is 0 Å². The first-order valence-electron chi connectivity index (χ1n) is 3.01. The van der Waals surface area contributed by atoms with E-state index in [1.54, 1.807) is 12.3 Å². The van der Waals surface area contributed by atoms with Crippen LogP contribution in [-0.2, 0) is 4.79 Å². The van der Waals surface area contributed by atoms with Gasteiger partial charge in [0, 0.05) is 11.1 Å². The van der Waals surface area contributed by atoms with Gasteiger partial charge in [-0.3, -0.25) is 0 Å². The molecule has 64 valence electrons. The molecule has 0 aliphatic heterocycles. The van der Waals surface area contributed by atoms with E-state index in [0.29, 0.717) is 5.69 Å². The summed E-state index contributed by atoms with van der Waals surface area (Å²) in [7, 11) is 0. The molecular weight excluding hydrogens is 180 g/mol. The fourth-order valence-electron chi connectivity index (χ4n) is 0.632. The Hall–Kier alpha value is -1.43. The molecule has 0 bridgehead atoms. The third-order valence-electron chi connectivity index (χ3n) is 1.12. The molecule has 1 heterocycles. The molecule has 1 aromatic heterocycles. The van der Waals surface area contributed by atoms with E-state index in [9.17, 15) is 10.0 Å². The Morgan fingerprint density at radius 1 is 1.83 bits per heavy atom. The Kier molecular flexibility index (Phi) is 2.39. The van der Waals surface area contributed by atoms with Crippen molar-refractivity contribution in [3.05, 3.63) is 21.3 Å². The molecule has 12 heavy (non-hydrogen) atoms. The Balaban J connectivity index is 3.04. The highest BCUT2D eigenvalue weighted by atomic mass is 32.1. The van der Waals surface area contributed by atoms with Crippen molar-refractivity contribution in [3.63, 3.8) is 0 Å². The number of carboxylic acids is 1. The summed E-state index contributed by atoms with van der Waals surface area (Å²) in [4.78, 5) is 14.2. The van der Waals surface area contributed by atoms with Gasteiger partial charge in [-0.15, -0.1) is 11.3 Å². The van der Waals surface area contributed by atoms with Crippen molar-refractivity contribution in [1.29, 1.82) is 0 Å². The minimum atomic E-state index is -1.35. The topological polar surface area (TPSA) is 85.6 Å². The lowest BCUT2D eigenvalue weighted by Gasteiger charge is -1.97. The van der Waals surface area contributed by atoms with Crippen LogP contribution in [0.1, 0.15) is 10.7 Å². The van der Waals surface area contributed by atoms with E-state index in [0.717, 1.165) is 11.3 Å². The second-order valence-corrected chi connectivity index (χ2v) is 2.90. The molecule has 1 aromatic rings. The van der Waals surface area contributed by atoms with Crippen molar-refractivity contribution < 1.29 is 9.90 Å². The van der Waals surface area contributed by atoms with E-state index in [-0.39, 0.29) is 5.01 Å². The quantitative estimate of drug-likeness (QED) is 0.546. The Morgan fingerprint density at radius 3 is 2.83 bits per heavy atom. The molecule has 0 amide bonds. The molecule has 0 atom stereocenters. The van der Waals surface area contributed by atoms with Crippen molar-refractivity contribution in [1.82, 2.24) is 4.98 Å². The number of hydrogen-bond acceptors (Lipinski definition) is 5. The average Bonchev–Trinajstić information content (AvgIpc) is 2.37. The zero-order chi connectivity index (χ0) is 9.14. The van der Waals surface area contributed by atoms with Gasteiger partial charge in [0.15, 0.2) is 5.71 Å². The molecule has 0 aliphatic rings. The van der Waals surface area contributed by atoms with Gasteiger partial charge >= 0.3 is 5.97 Å². The zero-order valence-electron chi connectivity index (χ0n) is 6.14. The van der Waals surface area contributed by atoms with Gasteiger partial charge in [-0.25, -0.2) is 9.78 Å². The first-order valence-corrected chi connectivity index (χ1v) is 3.89. The number of carboxylic acid groups (broad SMARTS) is 1. The molecule has 1 rings (SSSR count). The molecule has 0 unspecified atom stereocenters. The van der Waals surface area contributed by atoms with Crippen LogP contribution in [-0.4, -0.2) is 21.8 Å². The number of aliphatic carboxylic acids is 1. The van der Waals surface area contributed by atoms with Crippen LogP contribution in [0.25, 0.3) is 0 Å². The molecule has 0 fully saturated rings. The van der Waals surface area contributed by atoms with Gasteiger partial charge in [0.25, 0.3) is 0 Å². The maximum absolute atomic E-state index is 10.4. The smallest absolute Gasteiger partial charge is 0.356 e. The predicted molar refractivity (Wildman–Crippen MR) is 44.4 cm³/mol. The van der Waals surface area contributed by atoms with Gasteiger partial charge < -0.3 is 15.5 Å². The van der Waals surface area contributed by atoms with E-state index in [2.05, 4.69) is 10.1 Å². The van der Waals surface area contributed by atoms with Crippen molar-refractivity contribution in [2.75, 3.05) is 0 Å². The molecule has 0 spiro atoms. The van der Waals surface area contributed by atoms with Gasteiger partial charge in [-0.1, -0.05) is 0 Å². The van der Waals surface area contributed by atoms with E-state index in [4.69, 9.17) is 5.11 Å². The van der Waals surface area contributed by atoms with E-state index in [1.165, 1.54) is 0 Å². The molecule has 0 saturated carbocycles. The van der Waals surface area contributed by atoms with Crippen molar-refractivity contribution in [2.24, 2.45) is 5.16 Å². The number of aromatic nitrogens is 1. The van der Waals surface area contributed by atoms with Gasteiger partial charge in [-0.05, 0) is 6.92 Å². The summed E-state index contributed by atoms with van der Waals surface area (Å²) in [5.74, 6) is -1.35. The first kappa shape index (κ1) is 8.66. The molecule has 5 nitrogen and oxygen atoms in total. The first-order chi connectivity index (χ1) is 5.65. The second-order valence-electron chi connectivity index (χ2n) is 2.04. The Morgan fingerprint density at radius 2 is 2.50 bits per heavy atom. The van der Waals surface area contributed by atoms with Crippen molar-refractivity contribution in [2.45, 2.75) is 6.92 Å². The standard InChI is InChI=1S/C6H6N2O3S/c1-3-2-12-5(7-3)4(8-11)6(9)10/h2,11H,1H3,(H,9,10)/p-1/b8-4-. The van der Waals surface area contributed by atoms with Crippen LogP contribution in [0.2, 0.25) is 0 Å². The van der Waals surface area contributed by atoms with Crippen LogP contribution in [0.15, 0.2) is 10.5 Å². The fourth-order valence-corrected chi connectivity index (χ4v) is 1.40. The van der Waals surface area contributed by atoms with Crippen LogP contribution < -0.4 is 0 Å². The third-order valence-corrected chi connectivity index (χ3v) is 2.08. The van der Waals surface area contributed by atoms with Crippen LogP contribution in [0.5, 0.6) is 0 Å². The summed E-state index contributed by atoms with van der Waals surface area (Å²) in [5, 5.41) is 22.7. The number of hydrogen-bond donors (Lipinski definition) is 1. The summed E-state index contributed by atoms with van der Waals surface area (Å²) < 4.78 is 0. The fraction of sp³-hybridized carbons (Fsp3) is 0.167. The predicted octanol–water partition coefficient (Wildman–Crippen LogP) is 0.823. The molecule has 1 N–H and O–H groups in total. The van der Waals surface area contributed by atoms with E-state index < -0.39 is 11.7 Å². The van der Waals surface area contributed by atoms with Crippen LogP contribution in [0.4, 0.5) is 0 Å². The Labute approximate surface area is 72.0 Å². The lowest BCUT2D eigenvalue weighted by atomic mass is 10.4. The maximum Gasteiger partial charge on any atom is 0.356 e. The second kappa shape index (κ2) is 3.31. The summed E-state index contributed by atoms with van der Waals surface area (Å²) in [5.41, 5.74) is 0.144. The van der Waals surface area contributed by atoms with Crippen molar-refractivity contribution in [3.8, 4) is 0 Å². The maximum atomic E-state index is 10.4. The normalized spacial score (nSPS) is 11.6. The molecule has 6 heteroatoms. The lowest BCUT2D eigenvalue weighted by Crippen LogP contribution is -2.13. The van der Waals surface area contributed by atoms with Crippen LogP contribution in [0, 0.1) is 12.1 Å². The zero-order valence-corrected chi connectivity index (χ0v) is 6.96. The largest absolute Gasteiger partial charge is 0.791 e. The Bertz CT molecular complexity index is 331. The summed E-state index contributed by atoms with van der Waals surface area (Å²) in [6.07, 6.45) is 0. The van der Waals surface area contributed by atoms with Gasteiger partial charge in [-0.2, -0.15) is 0 Å². The van der Waals surface area contributed by atoms with Gasteiger partial charge in [0.1, 0.15) is 5.01 Å². The lowest BCUT2D eigenvalue weighted by molar-refractivity contribution is -0.129. The summed E-state index contributed by atoms with van der Waals surface area (Å²) >= 11 is 1.09. The third kappa shape index (κ3) is 1.59. The monoisotopic (exact) mass is 185 g/mol. The highest BCUT2D eigenvalue weighted by Crippen LogP contribution is 2.09. The summed E-state index contributed by atoms with van der Waals surface area (Å²) in [6.45, 7) is 1.71. The highest BCUT2D eigenvalue weighted by Gasteiger charge is 2.13.